The molecule has 1 aliphatic rings. The van der Waals surface area contributed by atoms with Crippen LogP contribution in [0.5, 0.6) is 0 Å². The molecule has 1 aliphatic heterocycles. The number of carbonyl (C=O) groups is 2. The van der Waals surface area contributed by atoms with Gasteiger partial charge in [-0.2, -0.15) is 4.31 Å². The molecule has 0 saturated carbocycles. The van der Waals surface area contributed by atoms with Crippen LogP contribution in [-0.2, 0) is 19.6 Å². The van der Waals surface area contributed by atoms with Crippen LogP contribution in [0.15, 0.2) is 0 Å². The topological polar surface area (TPSA) is 95.0 Å². The molecule has 0 aromatic heterocycles. The molecule has 1 amide bonds. The first-order valence-corrected chi connectivity index (χ1v) is 6.89. The predicted octanol–water partition coefficient (Wildman–Crippen LogP) is -1.04. The lowest BCUT2D eigenvalue weighted by molar-refractivity contribution is -0.134. The van der Waals surface area contributed by atoms with Crippen LogP contribution in [0.3, 0.4) is 0 Å². The van der Waals surface area contributed by atoms with Gasteiger partial charge < -0.3 is 10.0 Å². The lowest BCUT2D eigenvalue weighted by atomic mass is 10.4. The van der Waals surface area contributed by atoms with Gasteiger partial charge in [0, 0.05) is 33.1 Å². The normalized spacial score (nSPS) is 18.8. The fourth-order valence-corrected chi connectivity index (χ4v) is 3.00. The minimum Gasteiger partial charge on any atom is -0.480 e. The first-order chi connectivity index (χ1) is 7.83. The number of aliphatic carboxylic acids is 1. The Balaban J connectivity index is 2.68. The number of hydrogen-bond acceptors (Lipinski definition) is 4. The smallest absolute Gasteiger partial charge is 0.320 e. The Morgan fingerprint density at radius 3 is 2.35 bits per heavy atom. The SMILES string of the molecule is CC(=O)N1CCCN(S(=O)(=O)CC(=O)O)CC1. The summed E-state index contributed by atoms with van der Waals surface area (Å²) in [5, 5.41) is 8.52. The molecule has 8 heteroatoms. The van der Waals surface area contributed by atoms with Crippen molar-refractivity contribution in [3.8, 4) is 0 Å². The van der Waals surface area contributed by atoms with E-state index in [1.54, 1.807) is 4.90 Å². The summed E-state index contributed by atoms with van der Waals surface area (Å²) < 4.78 is 24.5. The monoisotopic (exact) mass is 264 g/mol. The minimum absolute atomic E-state index is 0.0949. The van der Waals surface area contributed by atoms with Gasteiger partial charge >= 0.3 is 5.97 Å². The first-order valence-electron chi connectivity index (χ1n) is 5.28. The molecule has 1 rings (SSSR count). The van der Waals surface area contributed by atoms with Crippen molar-refractivity contribution in [2.75, 3.05) is 31.9 Å². The average molecular weight is 264 g/mol. The van der Waals surface area contributed by atoms with Gasteiger partial charge in [0.15, 0.2) is 5.75 Å². The molecule has 0 aliphatic carbocycles. The van der Waals surface area contributed by atoms with Crippen molar-refractivity contribution in [3.05, 3.63) is 0 Å². The zero-order valence-corrected chi connectivity index (χ0v) is 10.4. The molecule has 1 saturated heterocycles. The van der Waals surface area contributed by atoms with E-state index >= 15 is 0 Å². The summed E-state index contributed by atoms with van der Waals surface area (Å²) in [4.78, 5) is 23.2. The Kier molecular flexibility index (Phi) is 4.47. The number of nitrogens with zero attached hydrogens (tertiary/aromatic N) is 2. The van der Waals surface area contributed by atoms with Gasteiger partial charge in [-0.05, 0) is 6.42 Å². The van der Waals surface area contributed by atoms with E-state index in [1.165, 1.54) is 6.92 Å². The van der Waals surface area contributed by atoms with Crippen LogP contribution in [0.2, 0.25) is 0 Å². The summed E-state index contributed by atoms with van der Waals surface area (Å²) in [5.41, 5.74) is 0. The van der Waals surface area contributed by atoms with Crippen LogP contribution in [0.1, 0.15) is 13.3 Å². The molecule has 98 valence electrons. The Hall–Kier alpha value is -1.15. The Morgan fingerprint density at radius 1 is 1.18 bits per heavy atom. The Bertz CT molecular complexity index is 406. The van der Waals surface area contributed by atoms with Gasteiger partial charge in [0.1, 0.15) is 0 Å². The Morgan fingerprint density at radius 2 is 1.82 bits per heavy atom. The zero-order chi connectivity index (χ0) is 13.1. The maximum absolute atomic E-state index is 11.7. The summed E-state index contributed by atoms with van der Waals surface area (Å²) in [5.74, 6) is -2.35. The Labute approximate surface area is 100 Å². The lowest BCUT2D eigenvalue weighted by Gasteiger charge is -2.20. The molecule has 0 atom stereocenters. The second kappa shape index (κ2) is 5.46. The fourth-order valence-electron chi connectivity index (χ4n) is 1.73. The summed E-state index contributed by atoms with van der Waals surface area (Å²) >= 11 is 0. The molecule has 0 aromatic rings. The van der Waals surface area contributed by atoms with E-state index in [-0.39, 0.29) is 19.0 Å². The number of carboxylic acids is 1. The molecule has 17 heavy (non-hydrogen) atoms. The third-order valence-corrected chi connectivity index (χ3v) is 4.36. The molecule has 0 bridgehead atoms. The van der Waals surface area contributed by atoms with E-state index in [0.29, 0.717) is 19.5 Å². The van der Waals surface area contributed by atoms with Crippen molar-refractivity contribution >= 4 is 21.9 Å². The molecule has 1 fully saturated rings. The summed E-state index contributed by atoms with van der Waals surface area (Å²) in [6.07, 6.45) is 0.526. The van der Waals surface area contributed by atoms with Gasteiger partial charge in [-0.1, -0.05) is 0 Å². The molecule has 1 N–H and O–H groups in total. The second-order valence-electron chi connectivity index (χ2n) is 3.91. The first kappa shape index (κ1) is 13.9. The van der Waals surface area contributed by atoms with Gasteiger partial charge in [0.05, 0.1) is 0 Å². The van der Waals surface area contributed by atoms with Gasteiger partial charge in [0.2, 0.25) is 15.9 Å². The largest absolute Gasteiger partial charge is 0.480 e. The van der Waals surface area contributed by atoms with Crippen LogP contribution >= 0.6 is 0 Å². The predicted molar refractivity (Wildman–Crippen MR) is 59.9 cm³/mol. The van der Waals surface area contributed by atoms with Crippen molar-refractivity contribution in [3.63, 3.8) is 0 Å². The second-order valence-corrected chi connectivity index (χ2v) is 5.88. The van der Waals surface area contributed by atoms with Crippen LogP contribution in [0.25, 0.3) is 0 Å². The number of carboxylic acid groups (broad SMARTS) is 1. The highest BCUT2D eigenvalue weighted by molar-refractivity contribution is 7.89. The third kappa shape index (κ3) is 3.97. The number of amides is 1. The molecule has 7 nitrogen and oxygen atoms in total. The molecule has 0 radical (unpaired) electrons. The summed E-state index contributed by atoms with van der Waals surface area (Å²) in [6.45, 7) is 2.68. The molecule has 1 heterocycles. The van der Waals surface area contributed by atoms with Gasteiger partial charge in [-0.3, -0.25) is 9.59 Å². The number of hydrogen-bond donors (Lipinski definition) is 1. The minimum atomic E-state index is -3.76. The van der Waals surface area contributed by atoms with Gasteiger partial charge in [0.25, 0.3) is 0 Å². The van der Waals surface area contributed by atoms with Crippen molar-refractivity contribution in [1.29, 1.82) is 0 Å². The number of sulfonamides is 1. The highest BCUT2D eigenvalue weighted by Gasteiger charge is 2.27. The lowest BCUT2D eigenvalue weighted by Crippen LogP contribution is -2.39. The van der Waals surface area contributed by atoms with Gasteiger partial charge in [-0.25, -0.2) is 8.42 Å². The van der Waals surface area contributed by atoms with E-state index in [9.17, 15) is 18.0 Å². The maximum atomic E-state index is 11.7. The zero-order valence-electron chi connectivity index (χ0n) is 9.63. The van der Waals surface area contributed by atoms with E-state index < -0.39 is 21.7 Å². The summed E-state index contributed by atoms with van der Waals surface area (Å²) in [7, 11) is -3.76. The van der Waals surface area contributed by atoms with Crippen LogP contribution in [0.4, 0.5) is 0 Å². The van der Waals surface area contributed by atoms with E-state index in [1.807, 2.05) is 0 Å². The highest BCUT2D eigenvalue weighted by atomic mass is 32.2. The standard InChI is InChI=1S/C9H16N2O5S/c1-8(12)10-3-2-4-11(6-5-10)17(15,16)7-9(13)14/h2-7H2,1H3,(H,13,14). The third-order valence-electron chi connectivity index (χ3n) is 2.60. The average Bonchev–Trinajstić information content (AvgIpc) is 2.40. The van der Waals surface area contributed by atoms with Crippen molar-refractivity contribution in [2.24, 2.45) is 0 Å². The van der Waals surface area contributed by atoms with Crippen molar-refractivity contribution in [1.82, 2.24) is 9.21 Å². The van der Waals surface area contributed by atoms with E-state index in [0.717, 1.165) is 4.31 Å². The molecule has 0 aromatic carbocycles. The van der Waals surface area contributed by atoms with Crippen molar-refractivity contribution < 1.29 is 23.1 Å². The molecular weight excluding hydrogens is 248 g/mol. The summed E-state index contributed by atoms with van der Waals surface area (Å²) in [6, 6.07) is 0. The van der Waals surface area contributed by atoms with Crippen LogP contribution in [-0.4, -0.2) is 66.5 Å². The quantitative estimate of drug-likeness (QED) is 0.702. The molecule has 0 unspecified atom stereocenters. The van der Waals surface area contributed by atoms with Crippen LogP contribution < -0.4 is 0 Å². The number of rotatable bonds is 3. The van der Waals surface area contributed by atoms with E-state index in [2.05, 4.69) is 0 Å². The maximum Gasteiger partial charge on any atom is 0.320 e. The number of carbonyl (C=O) groups excluding carboxylic acids is 1. The fraction of sp³-hybridized carbons (Fsp3) is 0.778. The molecular formula is C9H16N2O5S. The van der Waals surface area contributed by atoms with Crippen LogP contribution in [0, 0.1) is 0 Å². The van der Waals surface area contributed by atoms with Gasteiger partial charge in [-0.15, -0.1) is 0 Å². The van der Waals surface area contributed by atoms with E-state index in [4.69, 9.17) is 5.11 Å². The molecule has 0 spiro atoms. The highest BCUT2D eigenvalue weighted by Crippen LogP contribution is 2.08. The van der Waals surface area contributed by atoms with Crippen molar-refractivity contribution in [2.45, 2.75) is 13.3 Å².